The molecule has 0 saturated heterocycles. The maximum absolute atomic E-state index is 10.8. The van der Waals surface area contributed by atoms with Gasteiger partial charge < -0.3 is 5.11 Å². The molecule has 0 aliphatic rings. The number of hydrogen-bond donors (Lipinski definition) is 1. The van der Waals surface area contributed by atoms with Crippen molar-refractivity contribution in [2.75, 3.05) is 0 Å². The lowest BCUT2D eigenvalue weighted by molar-refractivity contribution is 0.0690. The van der Waals surface area contributed by atoms with E-state index >= 15 is 0 Å². The molecule has 0 aliphatic heterocycles. The standard InChI is InChI=1S/C13H7ClN2O2S/c14-11-5-9(2-1-8(11)7-15)19-10-3-4-16-12(6-10)13(17)18/h1-6H,(H,17,18). The Morgan fingerprint density at radius 2 is 2.05 bits per heavy atom. The molecule has 1 aromatic carbocycles. The zero-order valence-corrected chi connectivity index (χ0v) is 11.1. The molecule has 94 valence electrons. The minimum atomic E-state index is -1.07. The maximum atomic E-state index is 10.8. The molecule has 4 nitrogen and oxygen atoms in total. The number of carboxylic acid groups (broad SMARTS) is 1. The first-order valence-corrected chi connectivity index (χ1v) is 6.36. The Morgan fingerprint density at radius 1 is 1.32 bits per heavy atom. The highest BCUT2D eigenvalue weighted by atomic mass is 35.5. The van der Waals surface area contributed by atoms with Gasteiger partial charge in [-0.25, -0.2) is 9.78 Å². The number of aromatic nitrogens is 1. The molecule has 2 rings (SSSR count). The van der Waals surface area contributed by atoms with E-state index in [2.05, 4.69) is 4.98 Å². The van der Waals surface area contributed by atoms with E-state index < -0.39 is 5.97 Å². The summed E-state index contributed by atoms with van der Waals surface area (Å²) in [6, 6.07) is 10.2. The van der Waals surface area contributed by atoms with Gasteiger partial charge in [-0.15, -0.1) is 0 Å². The van der Waals surface area contributed by atoms with Crippen molar-refractivity contribution in [1.29, 1.82) is 5.26 Å². The van der Waals surface area contributed by atoms with Gasteiger partial charge in [0.05, 0.1) is 10.6 Å². The molecule has 0 aliphatic carbocycles. The van der Waals surface area contributed by atoms with Crippen LogP contribution in [0.5, 0.6) is 0 Å². The molecule has 0 atom stereocenters. The minimum Gasteiger partial charge on any atom is -0.477 e. The van der Waals surface area contributed by atoms with Crippen molar-refractivity contribution >= 4 is 29.3 Å². The normalized spacial score (nSPS) is 9.89. The van der Waals surface area contributed by atoms with Gasteiger partial charge in [0.1, 0.15) is 11.8 Å². The quantitative estimate of drug-likeness (QED) is 0.937. The second kappa shape index (κ2) is 5.74. The second-order valence-electron chi connectivity index (χ2n) is 3.54. The van der Waals surface area contributed by atoms with Gasteiger partial charge in [0.15, 0.2) is 0 Å². The molecular formula is C13H7ClN2O2S. The number of carboxylic acids is 1. The van der Waals surface area contributed by atoms with Crippen LogP contribution < -0.4 is 0 Å². The molecule has 0 saturated carbocycles. The van der Waals surface area contributed by atoms with E-state index in [0.29, 0.717) is 10.6 Å². The van der Waals surface area contributed by atoms with Gasteiger partial charge >= 0.3 is 5.97 Å². The smallest absolute Gasteiger partial charge is 0.354 e. The summed E-state index contributed by atoms with van der Waals surface area (Å²) in [6.45, 7) is 0. The average Bonchev–Trinajstić information content (AvgIpc) is 2.39. The predicted molar refractivity (Wildman–Crippen MR) is 71.5 cm³/mol. The summed E-state index contributed by atoms with van der Waals surface area (Å²) in [5.41, 5.74) is 0.400. The summed E-state index contributed by atoms with van der Waals surface area (Å²) in [7, 11) is 0. The SMILES string of the molecule is N#Cc1ccc(Sc2ccnc(C(=O)O)c2)cc1Cl. The fraction of sp³-hybridized carbons (Fsp3) is 0. The number of nitriles is 1. The Kier molecular flexibility index (Phi) is 4.05. The molecule has 0 bridgehead atoms. The summed E-state index contributed by atoms with van der Waals surface area (Å²) in [5, 5.41) is 18.0. The van der Waals surface area contributed by atoms with E-state index in [0.717, 1.165) is 9.79 Å². The molecule has 6 heteroatoms. The molecule has 19 heavy (non-hydrogen) atoms. The van der Waals surface area contributed by atoms with Crippen LogP contribution >= 0.6 is 23.4 Å². The van der Waals surface area contributed by atoms with E-state index in [9.17, 15) is 4.79 Å². The van der Waals surface area contributed by atoms with Crippen molar-refractivity contribution in [3.63, 3.8) is 0 Å². The molecular weight excluding hydrogens is 284 g/mol. The van der Waals surface area contributed by atoms with E-state index in [1.807, 2.05) is 6.07 Å². The molecule has 0 radical (unpaired) electrons. The number of benzene rings is 1. The molecule has 0 unspecified atom stereocenters. The fourth-order valence-electron chi connectivity index (χ4n) is 1.38. The Labute approximate surface area is 118 Å². The molecule has 0 amide bonds. The summed E-state index contributed by atoms with van der Waals surface area (Å²) in [5.74, 6) is -1.07. The highest BCUT2D eigenvalue weighted by Gasteiger charge is 2.07. The van der Waals surface area contributed by atoms with Crippen LogP contribution in [0.15, 0.2) is 46.3 Å². The van der Waals surface area contributed by atoms with Gasteiger partial charge in [-0.1, -0.05) is 23.4 Å². The number of rotatable bonds is 3. The zero-order valence-electron chi connectivity index (χ0n) is 9.50. The van der Waals surface area contributed by atoms with Crippen molar-refractivity contribution in [3.05, 3.63) is 52.8 Å². The molecule has 1 heterocycles. The zero-order chi connectivity index (χ0) is 13.8. The summed E-state index contributed by atoms with van der Waals surface area (Å²) >= 11 is 7.29. The number of hydrogen-bond acceptors (Lipinski definition) is 4. The first-order valence-electron chi connectivity index (χ1n) is 5.17. The van der Waals surface area contributed by atoms with Crippen molar-refractivity contribution in [1.82, 2.24) is 4.98 Å². The average molecular weight is 291 g/mol. The Morgan fingerprint density at radius 3 is 2.68 bits per heavy atom. The van der Waals surface area contributed by atoms with Gasteiger partial charge in [0.2, 0.25) is 0 Å². The van der Waals surface area contributed by atoms with Gasteiger partial charge in [-0.2, -0.15) is 5.26 Å². The van der Waals surface area contributed by atoms with Gasteiger partial charge in [-0.3, -0.25) is 0 Å². The van der Waals surface area contributed by atoms with E-state index in [1.165, 1.54) is 24.0 Å². The lowest BCUT2D eigenvalue weighted by Gasteiger charge is -2.03. The molecule has 1 N–H and O–H groups in total. The van der Waals surface area contributed by atoms with E-state index in [4.69, 9.17) is 22.0 Å². The van der Waals surface area contributed by atoms with E-state index in [-0.39, 0.29) is 5.69 Å². The van der Waals surface area contributed by atoms with Crippen molar-refractivity contribution in [2.45, 2.75) is 9.79 Å². The van der Waals surface area contributed by atoms with Crippen LogP contribution in [-0.2, 0) is 0 Å². The first kappa shape index (κ1) is 13.4. The van der Waals surface area contributed by atoms with Crippen LogP contribution in [0.3, 0.4) is 0 Å². The lowest BCUT2D eigenvalue weighted by atomic mass is 10.2. The number of aromatic carboxylic acids is 1. The lowest BCUT2D eigenvalue weighted by Crippen LogP contribution is -1.99. The summed E-state index contributed by atoms with van der Waals surface area (Å²) in [4.78, 5) is 16.1. The third-order valence-electron chi connectivity index (χ3n) is 2.25. The van der Waals surface area contributed by atoms with Crippen LogP contribution in [0, 0.1) is 11.3 Å². The minimum absolute atomic E-state index is 0.00950. The van der Waals surface area contributed by atoms with Crippen molar-refractivity contribution in [3.8, 4) is 6.07 Å². The van der Waals surface area contributed by atoms with Crippen molar-refractivity contribution < 1.29 is 9.90 Å². The third-order valence-corrected chi connectivity index (χ3v) is 3.54. The van der Waals surface area contributed by atoms with Crippen LogP contribution in [0.1, 0.15) is 16.1 Å². The van der Waals surface area contributed by atoms with Gasteiger partial charge in [-0.05, 0) is 30.3 Å². The summed E-state index contributed by atoms with van der Waals surface area (Å²) in [6.07, 6.45) is 1.44. The van der Waals surface area contributed by atoms with Gasteiger partial charge in [0.25, 0.3) is 0 Å². The Bertz CT molecular complexity index is 683. The Hall–Kier alpha value is -2.03. The number of carbonyl (C=O) groups is 1. The largest absolute Gasteiger partial charge is 0.477 e. The van der Waals surface area contributed by atoms with Crippen molar-refractivity contribution in [2.24, 2.45) is 0 Å². The van der Waals surface area contributed by atoms with Crippen LogP contribution in [0.25, 0.3) is 0 Å². The molecule has 0 fully saturated rings. The highest BCUT2D eigenvalue weighted by Crippen LogP contribution is 2.30. The molecule has 2 aromatic rings. The molecule has 1 aromatic heterocycles. The topological polar surface area (TPSA) is 74.0 Å². The van der Waals surface area contributed by atoms with Crippen LogP contribution in [-0.4, -0.2) is 16.1 Å². The Balaban J connectivity index is 2.26. The maximum Gasteiger partial charge on any atom is 0.354 e. The highest BCUT2D eigenvalue weighted by molar-refractivity contribution is 7.99. The fourth-order valence-corrected chi connectivity index (χ4v) is 2.55. The second-order valence-corrected chi connectivity index (χ2v) is 5.09. The summed E-state index contributed by atoms with van der Waals surface area (Å²) < 4.78 is 0. The number of pyridine rings is 1. The molecule has 0 spiro atoms. The predicted octanol–water partition coefficient (Wildman–Crippen LogP) is 3.46. The monoisotopic (exact) mass is 290 g/mol. The number of halogens is 1. The van der Waals surface area contributed by atoms with Gasteiger partial charge in [0, 0.05) is 16.0 Å². The first-order chi connectivity index (χ1) is 9.10. The van der Waals surface area contributed by atoms with E-state index in [1.54, 1.807) is 24.3 Å². The third kappa shape index (κ3) is 3.25. The van der Waals surface area contributed by atoms with Crippen LogP contribution in [0.2, 0.25) is 5.02 Å². The number of nitrogens with zero attached hydrogens (tertiary/aromatic N) is 2. The van der Waals surface area contributed by atoms with Crippen LogP contribution in [0.4, 0.5) is 0 Å².